The Morgan fingerprint density at radius 3 is 3.00 bits per heavy atom. The van der Waals surface area contributed by atoms with Gasteiger partial charge in [-0.05, 0) is 25.1 Å². The Labute approximate surface area is 113 Å². The summed E-state index contributed by atoms with van der Waals surface area (Å²) in [6, 6.07) is 4.93. The molecule has 0 aliphatic heterocycles. The first-order valence-corrected chi connectivity index (χ1v) is 6.60. The van der Waals surface area contributed by atoms with Crippen molar-refractivity contribution in [1.29, 1.82) is 0 Å². The molecule has 0 spiro atoms. The molecule has 0 bridgehead atoms. The predicted molar refractivity (Wildman–Crippen MR) is 72.6 cm³/mol. The van der Waals surface area contributed by atoms with Crippen molar-refractivity contribution >= 4 is 28.3 Å². The van der Waals surface area contributed by atoms with Gasteiger partial charge in [-0.25, -0.2) is 14.8 Å². The Bertz CT molecular complexity index is 760. The van der Waals surface area contributed by atoms with Crippen molar-refractivity contribution in [3.05, 3.63) is 46.2 Å². The molecule has 2 aromatic heterocycles. The van der Waals surface area contributed by atoms with E-state index in [-0.39, 0.29) is 5.56 Å². The molecule has 0 radical (unpaired) electrons. The first-order chi connectivity index (χ1) is 9.13. The van der Waals surface area contributed by atoms with Gasteiger partial charge in [0.05, 0.1) is 29.5 Å². The highest BCUT2D eigenvalue weighted by atomic mass is 32.1. The minimum Gasteiger partial charge on any atom is -0.478 e. The van der Waals surface area contributed by atoms with Crippen LogP contribution in [-0.4, -0.2) is 25.6 Å². The van der Waals surface area contributed by atoms with Gasteiger partial charge in [-0.2, -0.15) is 0 Å². The van der Waals surface area contributed by atoms with E-state index in [1.807, 2.05) is 16.9 Å². The molecular formula is C13H11N3O2S. The second-order valence-electron chi connectivity index (χ2n) is 4.26. The number of aryl methyl sites for hydroxylation is 1. The predicted octanol–water partition coefficient (Wildman–Crippen LogP) is 2.55. The van der Waals surface area contributed by atoms with Gasteiger partial charge < -0.3 is 9.67 Å². The number of carbonyl (C=O) groups is 1. The number of aromatic nitrogens is 3. The van der Waals surface area contributed by atoms with Crippen molar-refractivity contribution in [3.8, 4) is 0 Å². The van der Waals surface area contributed by atoms with Crippen molar-refractivity contribution in [3.63, 3.8) is 0 Å². The first-order valence-electron chi connectivity index (χ1n) is 5.72. The molecule has 2 heterocycles. The molecule has 3 aromatic rings. The van der Waals surface area contributed by atoms with E-state index in [1.54, 1.807) is 35.9 Å². The van der Waals surface area contributed by atoms with Crippen LogP contribution in [0.2, 0.25) is 0 Å². The number of carboxylic acid groups (broad SMARTS) is 1. The lowest BCUT2D eigenvalue weighted by Gasteiger charge is -2.02. The zero-order valence-electron chi connectivity index (χ0n) is 10.2. The third kappa shape index (κ3) is 2.22. The molecular weight excluding hydrogens is 262 g/mol. The summed E-state index contributed by atoms with van der Waals surface area (Å²) in [6.45, 7) is 2.56. The van der Waals surface area contributed by atoms with Gasteiger partial charge >= 0.3 is 5.97 Å². The number of nitrogens with zero attached hydrogens (tertiary/aromatic N) is 3. The average Bonchev–Trinajstić information content (AvgIpc) is 2.96. The van der Waals surface area contributed by atoms with Gasteiger partial charge in [-0.3, -0.25) is 0 Å². The monoisotopic (exact) mass is 273 g/mol. The molecule has 0 fully saturated rings. The van der Waals surface area contributed by atoms with E-state index < -0.39 is 5.97 Å². The Morgan fingerprint density at radius 1 is 1.47 bits per heavy atom. The van der Waals surface area contributed by atoms with Crippen molar-refractivity contribution < 1.29 is 9.90 Å². The fourth-order valence-corrected chi connectivity index (χ4v) is 2.71. The summed E-state index contributed by atoms with van der Waals surface area (Å²) < 4.78 is 1.92. The van der Waals surface area contributed by atoms with Gasteiger partial charge in [-0.1, -0.05) is 0 Å². The summed E-state index contributed by atoms with van der Waals surface area (Å²) in [5, 5.41) is 12.0. The van der Waals surface area contributed by atoms with E-state index in [4.69, 9.17) is 5.11 Å². The number of benzene rings is 1. The molecule has 0 atom stereocenters. The highest BCUT2D eigenvalue weighted by Crippen LogP contribution is 2.18. The number of thiazole rings is 1. The van der Waals surface area contributed by atoms with E-state index in [0.717, 1.165) is 21.7 Å². The van der Waals surface area contributed by atoms with Crippen LogP contribution in [0.4, 0.5) is 0 Å². The smallest absolute Gasteiger partial charge is 0.335 e. The van der Waals surface area contributed by atoms with Crippen LogP contribution in [0.5, 0.6) is 0 Å². The van der Waals surface area contributed by atoms with Crippen molar-refractivity contribution in [1.82, 2.24) is 14.5 Å². The Balaban J connectivity index is 2.03. The minimum atomic E-state index is -0.931. The van der Waals surface area contributed by atoms with Gasteiger partial charge in [0.25, 0.3) is 0 Å². The number of imidazole rings is 1. The van der Waals surface area contributed by atoms with Crippen LogP contribution in [-0.2, 0) is 6.54 Å². The molecule has 1 aromatic carbocycles. The lowest BCUT2D eigenvalue weighted by atomic mass is 10.2. The summed E-state index contributed by atoms with van der Waals surface area (Å²) in [5.41, 5.74) is 2.87. The quantitative estimate of drug-likeness (QED) is 0.796. The lowest BCUT2D eigenvalue weighted by molar-refractivity contribution is 0.0697. The molecule has 0 amide bonds. The van der Waals surface area contributed by atoms with Crippen LogP contribution in [0.25, 0.3) is 11.0 Å². The van der Waals surface area contributed by atoms with Gasteiger partial charge in [0.2, 0.25) is 0 Å². The number of carboxylic acids is 1. The zero-order chi connectivity index (χ0) is 13.4. The van der Waals surface area contributed by atoms with Crippen molar-refractivity contribution in [2.45, 2.75) is 13.5 Å². The third-order valence-electron chi connectivity index (χ3n) is 2.84. The number of hydrogen-bond acceptors (Lipinski definition) is 4. The second-order valence-corrected chi connectivity index (χ2v) is 5.21. The zero-order valence-corrected chi connectivity index (χ0v) is 11.0. The molecule has 0 aliphatic carbocycles. The number of aromatic carboxylic acids is 1. The SMILES string of the molecule is Cc1csc(Cn2cnc3ccc(C(=O)O)cc32)n1. The van der Waals surface area contributed by atoms with Gasteiger partial charge in [0.1, 0.15) is 5.01 Å². The van der Waals surface area contributed by atoms with E-state index in [0.29, 0.717) is 6.54 Å². The molecule has 0 saturated carbocycles. The molecule has 0 aliphatic rings. The Hall–Kier alpha value is -2.21. The number of hydrogen-bond donors (Lipinski definition) is 1. The van der Waals surface area contributed by atoms with E-state index in [9.17, 15) is 4.79 Å². The minimum absolute atomic E-state index is 0.268. The van der Waals surface area contributed by atoms with Crippen LogP contribution in [0.3, 0.4) is 0 Å². The molecule has 96 valence electrons. The molecule has 0 saturated heterocycles. The number of fused-ring (bicyclic) bond motifs is 1. The van der Waals surface area contributed by atoms with Gasteiger partial charge in [0, 0.05) is 11.1 Å². The highest BCUT2D eigenvalue weighted by molar-refractivity contribution is 7.09. The van der Waals surface area contributed by atoms with Crippen molar-refractivity contribution in [2.24, 2.45) is 0 Å². The molecule has 6 heteroatoms. The van der Waals surface area contributed by atoms with Crippen LogP contribution in [0.1, 0.15) is 21.1 Å². The fraction of sp³-hybridized carbons (Fsp3) is 0.154. The molecule has 0 unspecified atom stereocenters. The summed E-state index contributed by atoms with van der Waals surface area (Å²) in [4.78, 5) is 19.7. The molecule has 19 heavy (non-hydrogen) atoms. The van der Waals surface area contributed by atoms with Crippen LogP contribution < -0.4 is 0 Å². The molecule has 1 N–H and O–H groups in total. The number of rotatable bonds is 3. The lowest BCUT2D eigenvalue weighted by Crippen LogP contribution is -2.00. The maximum atomic E-state index is 11.0. The summed E-state index contributed by atoms with van der Waals surface area (Å²) in [7, 11) is 0. The standard InChI is InChI=1S/C13H11N3O2S/c1-8-6-19-12(15-8)5-16-7-14-10-3-2-9(13(17)18)4-11(10)16/h2-4,6-7H,5H2,1H3,(H,17,18). The van der Waals surface area contributed by atoms with Crippen LogP contribution in [0, 0.1) is 6.92 Å². The summed E-state index contributed by atoms with van der Waals surface area (Å²) in [5.74, 6) is -0.931. The molecule has 3 rings (SSSR count). The largest absolute Gasteiger partial charge is 0.478 e. The Morgan fingerprint density at radius 2 is 2.32 bits per heavy atom. The maximum Gasteiger partial charge on any atom is 0.335 e. The average molecular weight is 273 g/mol. The Kier molecular flexibility index (Phi) is 2.79. The highest BCUT2D eigenvalue weighted by Gasteiger charge is 2.09. The molecule has 5 nitrogen and oxygen atoms in total. The van der Waals surface area contributed by atoms with E-state index >= 15 is 0 Å². The maximum absolute atomic E-state index is 11.0. The summed E-state index contributed by atoms with van der Waals surface area (Å²) in [6.07, 6.45) is 1.72. The van der Waals surface area contributed by atoms with Gasteiger partial charge in [-0.15, -0.1) is 11.3 Å². The first kappa shape index (κ1) is 11.9. The van der Waals surface area contributed by atoms with E-state index in [1.165, 1.54) is 0 Å². The topological polar surface area (TPSA) is 68.0 Å². The van der Waals surface area contributed by atoms with Crippen molar-refractivity contribution in [2.75, 3.05) is 0 Å². The van der Waals surface area contributed by atoms with Crippen LogP contribution in [0.15, 0.2) is 29.9 Å². The normalized spacial score (nSPS) is 11.0. The van der Waals surface area contributed by atoms with Crippen LogP contribution >= 0.6 is 11.3 Å². The third-order valence-corrected chi connectivity index (χ3v) is 3.79. The van der Waals surface area contributed by atoms with Gasteiger partial charge in [0.15, 0.2) is 0 Å². The second kappa shape index (κ2) is 4.47. The van der Waals surface area contributed by atoms with E-state index in [2.05, 4.69) is 9.97 Å². The fourth-order valence-electron chi connectivity index (χ4n) is 1.94. The summed E-state index contributed by atoms with van der Waals surface area (Å²) >= 11 is 1.59.